The van der Waals surface area contributed by atoms with Gasteiger partial charge in [0.25, 0.3) is 0 Å². The first-order valence-electron chi connectivity index (χ1n) is 6.24. The first kappa shape index (κ1) is 13.5. The van der Waals surface area contributed by atoms with Crippen LogP contribution in [0.3, 0.4) is 0 Å². The third kappa shape index (κ3) is 2.81. The Kier molecular flexibility index (Phi) is 3.94. The van der Waals surface area contributed by atoms with E-state index in [0.29, 0.717) is 0 Å². The average molecular weight is 345 g/mol. The highest BCUT2D eigenvalue weighted by atomic mass is 79.9. The molecule has 1 aromatic heterocycles. The van der Waals surface area contributed by atoms with Gasteiger partial charge in [-0.1, -0.05) is 34.1 Å². The van der Waals surface area contributed by atoms with Gasteiger partial charge in [0.1, 0.15) is 0 Å². The Morgan fingerprint density at radius 1 is 1.10 bits per heavy atom. The largest absolute Gasteiger partial charge is 0.398 e. The number of aromatic nitrogens is 1. The predicted molar refractivity (Wildman–Crippen MR) is 89.9 cm³/mol. The van der Waals surface area contributed by atoms with Gasteiger partial charge >= 0.3 is 0 Å². The zero-order chi connectivity index (χ0) is 13.9. The van der Waals surface area contributed by atoms with Crippen LogP contribution in [0.2, 0.25) is 0 Å². The van der Waals surface area contributed by atoms with Crippen molar-refractivity contribution in [2.45, 2.75) is 10.6 Å². The summed E-state index contributed by atoms with van der Waals surface area (Å²) in [7, 11) is 0. The maximum Gasteiger partial charge on any atom is 0.0705 e. The molecule has 20 heavy (non-hydrogen) atoms. The van der Waals surface area contributed by atoms with Gasteiger partial charge in [0.2, 0.25) is 0 Å². The first-order valence-corrected chi connectivity index (χ1v) is 8.02. The molecule has 0 aliphatic rings. The molecule has 4 heteroatoms. The molecule has 0 bridgehead atoms. The highest BCUT2D eigenvalue weighted by Crippen LogP contribution is 2.31. The quantitative estimate of drug-likeness (QED) is 0.544. The summed E-state index contributed by atoms with van der Waals surface area (Å²) in [6, 6.07) is 16.3. The summed E-state index contributed by atoms with van der Waals surface area (Å²) in [6.07, 6.45) is 1.86. The van der Waals surface area contributed by atoms with Crippen molar-refractivity contribution in [2.24, 2.45) is 0 Å². The normalized spacial score (nSPS) is 10.8. The van der Waals surface area contributed by atoms with E-state index in [1.54, 1.807) is 11.8 Å². The number of pyridine rings is 1. The summed E-state index contributed by atoms with van der Waals surface area (Å²) < 4.78 is 1.01. The third-order valence-corrected chi connectivity index (χ3v) is 4.73. The topological polar surface area (TPSA) is 38.9 Å². The Morgan fingerprint density at radius 2 is 1.95 bits per heavy atom. The van der Waals surface area contributed by atoms with Crippen molar-refractivity contribution >= 4 is 44.3 Å². The number of halogens is 1. The minimum atomic E-state index is 0.808. The fourth-order valence-corrected chi connectivity index (χ4v) is 3.42. The Labute approximate surface area is 130 Å². The lowest BCUT2D eigenvalue weighted by Crippen LogP contribution is -1.90. The minimum Gasteiger partial charge on any atom is -0.398 e. The van der Waals surface area contributed by atoms with Crippen LogP contribution in [0.1, 0.15) is 5.56 Å². The van der Waals surface area contributed by atoms with Gasteiger partial charge in [-0.05, 0) is 35.9 Å². The number of fused-ring (bicyclic) bond motifs is 1. The molecule has 2 N–H and O–H groups in total. The summed E-state index contributed by atoms with van der Waals surface area (Å²) >= 11 is 5.18. The van der Waals surface area contributed by atoms with Crippen LogP contribution in [-0.2, 0) is 5.75 Å². The lowest BCUT2D eigenvalue weighted by molar-refractivity contribution is 1.34. The summed E-state index contributed by atoms with van der Waals surface area (Å²) in [5.74, 6) is 0.884. The Morgan fingerprint density at radius 3 is 2.80 bits per heavy atom. The molecular weight excluding hydrogens is 332 g/mol. The maximum atomic E-state index is 6.04. The average Bonchev–Trinajstić information content (AvgIpc) is 2.46. The molecule has 0 aliphatic heterocycles. The summed E-state index contributed by atoms with van der Waals surface area (Å²) in [6.45, 7) is 0. The number of thioether (sulfide) groups is 1. The van der Waals surface area contributed by atoms with E-state index in [-0.39, 0.29) is 0 Å². The Bertz CT molecular complexity index is 753. The van der Waals surface area contributed by atoms with Crippen molar-refractivity contribution in [3.05, 3.63) is 64.8 Å². The molecule has 1 heterocycles. The van der Waals surface area contributed by atoms with Gasteiger partial charge in [-0.2, -0.15) is 0 Å². The molecule has 0 atom stereocenters. The third-order valence-electron chi connectivity index (χ3n) is 3.09. The van der Waals surface area contributed by atoms with Crippen LogP contribution in [0.5, 0.6) is 0 Å². The molecule has 0 spiro atoms. The fraction of sp³-hybridized carbons (Fsp3) is 0.0625. The molecule has 0 radical (unpaired) electrons. The van der Waals surface area contributed by atoms with Gasteiger partial charge in [-0.3, -0.25) is 4.98 Å². The van der Waals surface area contributed by atoms with Crippen LogP contribution in [0, 0.1) is 0 Å². The van der Waals surface area contributed by atoms with E-state index >= 15 is 0 Å². The summed E-state index contributed by atoms with van der Waals surface area (Å²) in [5.41, 5.74) is 9.16. The van der Waals surface area contributed by atoms with Crippen molar-refractivity contribution in [1.82, 2.24) is 4.98 Å². The van der Waals surface area contributed by atoms with Gasteiger partial charge in [0.15, 0.2) is 0 Å². The molecule has 2 aromatic carbocycles. The summed E-state index contributed by atoms with van der Waals surface area (Å²) in [4.78, 5) is 5.49. The van der Waals surface area contributed by atoms with E-state index < -0.39 is 0 Å². The summed E-state index contributed by atoms with van der Waals surface area (Å²) in [5, 5.41) is 1.21. The predicted octanol–water partition coefficient (Wildman–Crippen LogP) is 4.87. The maximum absolute atomic E-state index is 6.04. The standard InChI is InChI=1S/C16H13BrN2S/c17-12-5-6-16(14(18)9-12)20-10-11-7-8-19-15-4-2-1-3-13(11)15/h1-9H,10,18H2. The Balaban J connectivity index is 1.87. The van der Waals surface area contributed by atoms with Gasteiger partial charge in [0.05, 0.1) is 5.52 Å². The Hall–Kier alpha value is -1.52. The highest BCUT2D eigenvalue weighted by molar-refractivity contribution is 9.10. The van der Waals surface area contributed by atoms with Crippen LogP contribution in [-0.4, -0.2) is 4.98 Å². The molecule has 0 fully saturated rings. The van der Waals surface area contributed by atoms with Crippen LogP contribution < -0.4 is 5.73 Å². The molecule has 0 saturated heterocycles. The molecule has 3 rings (SSSR count). The van der Waals surface area contributed by atoms with Gasteiger partial charge in [-0.25, -0.2) is 0 Å². The van der Waals surface area contributed by atoms with Crippen molar-refractivity contribution in [3.63, 3.8) is 0 Å². The van der Waals surface area contributed by atoms with E-state index in [1.165, 1.54) is 10.9 Å². The van der Waals surface area contributed by atoms with Crippen LogP contribution in [0.15, 0.2) is 64.1 Å². The number of para-hydroxylation sites is 1. The zero-order valence-corrected chi connectivity index (χ0v) is 13.1. The molecule has 3 aromatic rings. The van der Waals surface area contributed by atoms with Crippen LogP contribution >= 0.6 is 27.7 Å². The molecule has 0 saturated carbocycles. The van der Waals surface area contributed by atoms with E-state index in [0.717, 1.165) is 26.3 Å². The molecule has 0 amide bonds. The lowest BCUT2D eigenvalue weighted by Gasteiger charge is -2.08. The van der Waals surface area contributed by atoms with Crippen LogP contribution in [0.25, 0.3) is 10.9 Å². The molecule has 2 nitrogen and oxygen atoms in total. The fourth-order valence-electron chi connectivity index (χ4n) is 2.09. The number of benzene rings is 2. The van der Waals surface area contributed by atoms with Crippen LogP contribution in [0.4, 0.5) is 5.69 Å². The number of nitrogen functional groups attached to an aromatic ring is 1. The first-order chi connectivity index (χ1) is 9.74. The van der Waals surface area contributed by atoms with Gasteiger partial charge in [-0.15, -0.1) is 11.8 Å². The number of hydrogen-bond donors (Lipinski definition) is 1. The highest BCUT2D eigenvalue weighted by Gasteiger charge is 2.05. The van der Waals surface area contributed by atoms with E-state index in [4.69, 9.17) is 5.73 Å². The van der Waals surface area contributed by atoms with Gasteiger partial charge in [0, 0.05) is 32.4 Å². The number of hydrogen-bond acceptors (Lipinski definition) is 3. The van der Waals surface area contributed by atoms with Crippen molar-refractivity contribution < 1.29 is 0 Å². The number of rotatable bonds is 3. The van der Waals surface area contributed by atoms with Crippen molar-refractivity contribution in [2.75, 3.05) is 5.73 Å². The molecule has 0 unspecified atom stereocenters. The lowest BCUT2D eigenvalue weighted by atomic mass is 10.1. The number of anilines is 1. The van der Waals surface area contributed by atoms with Gasteiger partial charge < -0.3 is 5.73 Å². The number of nitrogens with two attached hydrogens (primary N) is 1. The minimum absolute atomic E-state index is 0.808. The van der Waals surface area contributed by atoms with E-state index in [1.807, 2.05) is 42.6 Å². The van der Waals surface area contributed by atoms with E-state index in [2.05, 4.69) is 33.0 Å². The van der Waals surface area contributed by atoms with E-state index in [9.17, 15) is 0 Å². The van der Waals surface area contributed by atoms with Crippen molar-refractivity contribution in [1.29, 1.82) is 0 Å². The molecule has 0 aliphatic carbocycles. The second kappa shape index (κ2) is 5.85. The second-order valence-electron chi connectivity index (χ2n) is 4.46. The smallest absolute Gasteiger partial charge is 0.0705 e. The zero-order valence-electron chi connectivity index (χ0n) is 10.7. The monoisotopic (exact) mass is 344 g/mol. The second-order valence-corrected chi connectivity index (χ2v) is 6.39. The van der Waals surface area contributed by atoms with Crippen molar-refractivity contribution in [3.8, 4) is 0 Å². The number of nitrogens with zero attached hydrogens (tertiary/aromatic N) is 1. The molecular formula is C16H13BrN2S. The SMILES string of the molecule is Nc1cc(Br)ccc1SCc1ccnc2ccccc12. The molecule has 100 valence electrons.